The summed E-state index contributed by atoms with van der Waals surface area (Å²) in [6.45, 7) is 2.19. The highest BCUT2D eigenvalue weighted by molar-refractivity contribution is 9.10. The Balaban J connectivity index is 2.95. The van der Waals surface area contributed by atoms with Crippen molar-refractivity contribution in [1.29, 1.82) is 0 Å². The molecule has 0 saturated heterocycles. The Kier molecular flexibility index (Phi) is 4.44. The number of aryl methyl sites for hydroxylation is 1. The molecule has 0 saturated carbocycles. The number of benzene rings is 1. The average molecular weight is 301 g/mol. The van der Waals surface area contributed by atoms with E-state index in [-0.39, 0.29) is 5.91 Å². The minimum absolute atomic E-state index is 0.0772. The van der Waals surface area contributed by atoms with E-state index in [0.717, 1.165) is 10.0 Å². The molecule has 0 heterocycles. The summed E-state index contributed by atoms with van der Waals surface area (Å²) in [5.41, 5.74) is 7.00. The second kappa shape index (κ2) is 5.41. The number of rotatable bonds is 3. The number of amides is 1. The minimum atomic E-state index is -0.0772. The molecular formula is C11H13BrN2OS. The summed E-state index contributed by atoms with van der Waals surface area (Å²) < 4.78 is 0.880. The van der Waals surface area contributed by atoms with Crippen LogP contribution in [-0.4, -0.2) is 29.4 Å². The van der Waals surface area contributed by atoms with Crippen LogP contribution in [0, 0.1) is 6.92 Å². The van der Waals surface area contributed by atoms with Crippen molar-refractivity contribution in [3.8, 4) is 0 Å². The van der Waals surface area contributed by atoms with Crippen molar-refractivity contribution in [2.75, 3.05) is 13.6 Å². The van der Waals surface area contributed by atoms with Gasteiger partial charge in [0.1, 0.15) is 0 Å². The summed E-state index contributed by atoms with van der Waals surface area (Å²) in [5, 5.41) is 0. The van der Waals surface area contributed by atoms with Gasteiger partial charge in [-0.25, -0.2) is 0 Å². The predicted octanol–water partition coefficient (Wildman–Crippen LogP) is 2.12. The average Bonchev–Trinajstić information content (AvgIpc) is 2.19. The van der Waals surface area contributed by atoms with Gasteiger partial charge in [-0.15, -0.1) is 0 Å². The van der Waals surface area contributed by atoms with E-state index in [1.165, 1.54) is 4.90 Å². The first-order chi connectivity index (χ1) is 7.41. The van der Waals surface area contributed by atoms with Crippen LogP contribution < -0.4 is 5.73 Å². The summed E-state index contributed by atoms with van der Waals surface area (Å²) in [5.74, 6) is -0.0772. The Morgan fingerprint density at radius 2 is 2.19 bits per heavy atom. The summed E-state index contributed by atoms with van der Waals surface area (Å²) in [4.78, 5) is 13.9. The molecule has 0 bridgehead atoms. The van der Waals surface area contributed by atoms with Gasteiger partial charge < -0.3 is 10.6 Å². The Labute approximate surface area is 109 Å². The van der Waals surface area contributed by atoms with Crippen molar-refractivity contribution in [2.24, 2.45) is 5.73 Å². The molecule has 0 aliphatic heterocycles. The van der Waals surface area contributed by atoms with Gasteiger partial charge in [0.15, 0.2) is 0 Å². The first kappa shape index (κ1) is 13.1. The number of carbonyl (C=O) groups excluding carboxylic acids is 1. The van der Waals surface area contributed by atoms with E-state index in [9.17, 15) is 4.79 Å². The highest BCUT2D eigenvalue weighted by Crippen LogP contribution is 2.17. The number of likely N-dealkylation sites (N-methyl/N-ethyl adjacent to an activating group) is 1. The minimum Gasteiger partial charge on any atom is -0.392 e. The zero-order valence-electron chi connectivity index (χ0n) is 9.16. The topological polar surface area (TPSA) is 46.3 Å². The van der Waals surface area contributed by atoms with Crippen LogP contribution in [0.4, 0.5) is 0 Å². The zero-order valence-corrected chi connectivity index (χ0v) is 11.6. The smallest absolute Gasteiger partial charge is 0.254 e. The number of halogens is 1. The number of hydrogen-bond acceptors (Lipinski definition) is 2. The summed E-state index contributed by atoms with van der Waals surface area (Å²) in [6, 6.07) is 5.60. The van der Waals surface area contributed by atoms with E-state index in [4.69, 9.17) is 18.0 Å². The molecule has 1 aromatic carbocycles. The molecular weight excluding hydrogens is 288 g/mol. The van der Waals surface area contributed by atoms with Crippen molar-refractivity contribution in [3.63, 3.8) is 0 Å². The van der Waals surface area contributed by atoms with Gasteiger partial charge >= 0.3 is 0 Å². The number of thiocarbonyl (C=S) groups is 1. The maximum absolute atomic E-state index is 12.0. The molecule has 0 radical (unpaired) electrons. The monoisotopic (exact) mass is 300 g/mol. The van der Waals surface area contributed by atoms with Crippen LogP contribution in [0.3, 0.4) is 0 Å². The molecule has 86 valence electrons. The zero-order chi connectivity index (χ0) is 12.3. The second-order valence-corrected chi connectivity index (χ2v) is 5.03. The molecule has 1 amide bonds. The largest absolute Gasteiger partial charge is 0.392 e. The van der Waals surface area contributed by atoms with Gasteiger partial charge in [-0.2, -0.15) is 0 Å². The van der Waals surface area contributed by atoms with E-state index in [2.05, 4.69) is 15.9 Å². The Morgan fingerprint density at radius 1 is 1.56 bits per heavy atom. The molecule has 1 rings (SSSR count). The fourth-order valence-electron chi connectivity index (χ4n) is 1.34. The third-order valence-corrected chi connectivity index (χ3v) is 2.79. The van der Waals surface area contributed by atoms with Crippen LogP contribution in [0.15, 0.2) is 22.7 Å². The first-order valence-corrected chi connectivity index (χ1v) is 5.92. The maximum Gasteiger partial charge on any atom is 0.254 e. The summed E-state index contributed by atoms with van der Waals surface area (Å²) in [7, 11) is 1.68. The number of carbonyl (C=O) groups is 1. The SMILES string of the molecule is Cc1ccc(Br)cc1C(=O)N(C)CC(N)=S. The van der Waals surface area contributed by atoms with Gasteiger partial charge in [0.05, 0.1) is 11.5 Å². The standard InChI is InChI=1S/C11H13BrN2OS/c1-7-3-4-8(12)5-9(7)11(15)14(2)6-10(13)16/h3-5H,6H2,1-2H3,(H2,13,16). The van der Waals surface area contributed by atoms with Crippen molar-refractivity contribution in [3.05, 3.63) is 33.8 Å². The first-order valence-electron chi connectivity index (χ1n) is 4.71. The lowest BCUT2D eigenvalue weighted by atomic mass is 10.1. The molecule has 0 aliphatic rings. The van der Waals surface area contributed by atoms with Crippen molar-refractivity contribution < 1.29 is 4.79 Å². The fourth-order valence-corrected chi connectivity index (χ4v) is 1.89. The molecule has 3 nitrogen and oxygen atoms in total. The molecule has 16 heavy (non-hydrogen) atoms. The van der Waals surface area contributed by atoms with Gasteiger partial charge in [0.2, 0.25) is 0 Å². The lowest BCUT2D eigenvalue weighted by Gasteiger charge is -2.17. The van der Waals surface area contributed by atoms with Crippen LogP contribution in [0.1, 0.15) is 15.9 Å². The Morgan fingerprint density at radius 3 is 2.75 bits per heavy atom. The second-order valence-electron chi connectivity index (χ2n) is 3.59. The van der Waals surface area contributed by atoms with Crippen LogP contribution in [-0.2, 0) is 0 Å². The third kappa shape index (κ3) is 3.28. The molecule has 2 N–H and O–H groups in total. The van der Waals surface area contributed by atoms with Gasteiger partial charge in [0.25, 0.3) is 5.91 Å². The van der Waals surface area contributed by atoms with Gasteiger partial charge in [0, 0.05) is 17.1 Å². The highest BCUT2D eigenvalue weighted by atomic mass is 79.9. The molecule has 5 heteroatoms. The molecule has 0 aromatic heterocycles. The quantitative estimate of drug-likeness (QED) is 0.870. The van der Waals surface area contributed by atoms with E-state index >= 15 is 0 Å². The number of hydrogen-bond donors (Lipinski definition) is 1. The molecule has 0 aliphatic carbocycles. The number of nitrogens with two attached hydrogens (primary N) is 1. The molecule has 0 unspecified atom stereocenters. The van der Waals surface area contributed by atoms with Crippen LogP contribution in [0.5, 0.6) is 0 Å². The van der Waals surface area contributed by atoms with Crippen LogP contribution in [0.25, 0.3) is 0 Å². The van der Waals surface area contributed by atoms with Gasteiger partial charge in [-0.3, -0.25) is 4.79 Å². The Bertz CT molecular complexity index is 434. The predicted molar refractivity (Wildman–Crippen MR) is 72.6 cm³/mol. The van der Waals surface area contributed by atoms with Crippen molar-refractivity contribution >= 4 is 39.0 Å². The van der Waals surface area contributed by atoms with E-state index in [0.29, 0.717) is 17.1 Å². The van der Waals surface area contributed by atoms with Gasteiger partial charge in [-0.05, 0) is 24.6 Å². The molecule has 0 atom stereocenters. The maximum atomic E-state index is 12.0. The van der Waals surface area contributed by atoms with Crippen LogP contribution in [0.2, 0.25) is 0 Å². The van der Waals surface area contributed by atoms with Crippen LogP contribution >= 0.6 is 28.1 Å². The van der Waals surface area contributed by atoms with Crippen molar-refractivity contribution in [1.82, 2.24) is 4.90 Å². The van der Waals surface area contributed by atoms with Gasteiger partial charge in [-0.1, -0.05) is 34.2 Å². The van der Waals surface area contributed by atoms with E-state index in [1.807, 2.05) is 19.1 Å². The van der Waals surface area contributed by atoms with Crippen molar-refractivity contribution in [2.45, 2.75) is 6.92 Å². The molecule has 0 spiro atoms. The Hall–Kier alpha value is -0.940. The summed E-state index contributed by atoms with van der Waals surface area (Å²) >= 11 is 8.12. The van der Waals surface area contributed by atoms with E-state index < -0.39 is 0 Å². The lowest BCUT2D eigenvalue weighted by Crippen LogP contribution is -2.34. The molecule has 0 fully saturated rings. The summed E-state index contributed by atoms with van der Waals surface area (Å²) in [6.07, 6.45) is 0. The third-order valence-electron chi connectivity index (χ3n) is 2.17. The molecule has 1 aromatic rings. The lowest BCUT2D eigenvalue weighted by molar-refractivity contribution is 0.0814. The highest BCUT2D eigenvalue weighted by Gasteiger charge is 2.14. The van der Waals surface area contributed by atoms with E-state index in [1.54, 1.807) is 13.1 Å². The normalized spacial score (nSPS) is 9.94. The number of nitrogens with zero attached hydrogens (tertiary/aromatic N) is 1. The fraction of sp³-hybridized carbons (Fsp3) is 0.273.